The van der Waals surface area contributed by atoms with Gasteiger partial charge >= 0.3 is 0 Å². The van der Waals surface area contributed by atoms with Crippen LogP contribution in [-0.4, -0.2) is 20.1 Å². The SMILES string of the molecule is OC(c1ccc(F)cc1F)c1nc(-c2ccncc2)cc2ncccc12. The number of rotatable bonds is 3. The Hall–Kier alpha value is -3.25. The summed E-state index contributed by atoms with van der Waals surface area (Å²) in [5.41, 5.74) is 2.20. The van der Waals surface area contributed by atoms with E-state index in [0.29, 0.717) is 16.6 Å². The van der Waals surface area contributed by atoms with Gasteiger partial charge in [0.25, 0.3) is 0 Å². The second kappa shape index (κ2) is 6.57. The van der Waals surface area contributed by atoms with Crippen molar-refractivity contribution in [2.45, 2.75) is 6.10 Å². The molecule has 0 aliphatic heterocycles. The molecule has 0 spiro atoms. The van der Waals surface area contributed by atoms with Crippen LogP contribution >= 0.6 is 0 Å². The van der Waals surface area contributed by atoms with E-state index in [4.69, 9.17) is 0 Å². The maximum atomic E-state index is 14.2. The van der Waals surface area contributed by atoms with Crippen LogP contribution in [0.1, 0.15) is 17.4 Å². The van der Waals surface area contributed by atoms with E-state index in [1.165, 1.54) is 6.07 Å². The van der Waals surface area contributed by atoms with E-state index in [2.05, 4.69) is 15.0 Å². The molecule has 1 unspecified atom stereocenters. The van der Waals surface area contributed by atoms with Gasteiger partial charge in [0.1, 0.15) is 17.7 Å². The highest BCUT2D eigenvalue weighted by Gasteiger charge is 2.21. The molecule has 1 aromatic carbocycles. The molecule has 0 saturated heterocycles. The van der Waals surface area contributed by atoms with E-state index < -0.39 is 17.7 Å². The lowest BCUT2D eigenvalue weighted by Crippen LogP contribution is -2.07. The summed E-state index contributed by atoms with van der Waals surface area (Å²) in [6.07, 6.45) is 3.54. The molecular formula is C20H13F2N3O. The van der Waals surface area contributed by atoms with E-state index in [1.54, 1.807) is 48.9 Å². The van der Waals surface area contributed by atoms with E-state index in [9.17, 15) is 13.9 Å². The van der Waals surface area contributed by atoms with E-state index in [0.717, 1.165) is 17.7 Å². The maximum Gasteiger partial charge on any atom is 0.132 e. The molecule has 1 N–H and O–H groups in total. The summed E-state index contributed by atoms with van der Waals surface area (Å²) in [5.74, 6) is -1.53. The first-order valence-corrected chi connectivity index (χ1v) is 7.92. The van der Waals surface area contributed by atoms with Crippen LogP contribution in [0.25, 0.3) is 22.2 Å². The van der Waals surface area contributed by atoms with Crippen molar-refractivity contribution in [2.75, 3.05) is 0 Å². The van der Waals surface area contributed by atoms with Crippen LogP contribution in [0.4, 0.5) is 8.78 Å². The van der Waals surface area contributed by atoms with Gasteiger partial charge in [-0.05, 0) is 36.4 Å². The van der Waals surface area contributed by atoms with Crippen molar-refractivity contribution < 1.29 is 13.9 Å². The van der Waals surface area contributed by atoms with Crippen molar-refractivity contribution in [3.05, 3.63) is 90.0 Å². The number of aliphatic hydroxyl groups is 1. The highest BCUT2D eigenvalue weighted by Crippen LogP contribution is 2.31. The van der Waals surface area contributed by atoms with Gasteiger partial charge in [-0.3, -0.25) is 9.97 Å². The van der Waals surface area contributed by atoms with Crippen LogP contribution in [0, 0.1) is 11.6 Å². The molecule has 3 heterocycles. The standard InChI is InChI=1S/C20H13F2N3O/c21-13-3-4-14(16(22)10-13)20(26)19-15-2-1-7-24-18(15)11-17(25-19)12-5-8-23-9-6-12/h1-11,20,26H. The normalized spacial score (nSPS) is 12.3. The number of halogens is 2. The maximum absolute atomic E-state index is 14.2. The Kier molecular flexibility index (Phi) is 4.10. The van der Waals surface area contributed by atoms with Gasteiger partial charge in [-0.2, -0.15) is 0 Å². The smallest absolute Gasteiger partial charge is 0.132 e. The number of pyridine rings is 3. The molecule has 0 fully saturated rings. The molecule has 4 rings (SSSR count). The largest absolute Gasteiger partial charge is 0.382 e. The zero-order valence-corrected chi connectivity index (χ0v) is 13.5. The summed E-state index contributed by atoms with van der Waals surface area (Å²) in [5, 5.41) is 11.4. The number of benzene rings is 1. The minimum atomic E-state index is -1.36. The summed E-state index contributed by atoms with van der Waals surface area (Å²) < 4.78 is 27.4. The predicted molar refractivity (Wildman–Crippen MR) is 93.2 cm³/mol. The highest BCUT2D eigenvalue weighted by molar-refractivity contribution is 5.85. The summed E-state index contributed by atoms with van der Waals surface area (Å²) in [6.45, 7) is 0. The monoisotopic (exact) mass is 349 g/mol. The number of hydrogen-bond donors (Lipinski definition) is 1. The summed E-state index contributed by atoms with van der Waals surface area (Å²) >= 11 is 0. The Morgan fingerprint density at radius 1 is 0.923 bits per heavy atom. The van der Waals surface area contributed by atoms with Gasteiger partial charge in [0.15, 0.2) is 0 Å². The zero-order chi connectivity index (χ0) is 18.1. The van der Waals surface area contributed by atoms with Gasteiger partial charge in [0.2, 0.25) is 0 Å². The Labute approximate surface area is 147 Å². The van der Waals surface area contributed by atoms with Gasteiger partial charge < -0.3 is 5.11 Å². The minimum absolute atomic E-state index is 0.0454. The Morgan fingerprint density at radius 2 is 1.73 bits per heavy atom. The topological polar surface area (TPSA) is 58.9 Å². The van der Waals surface area contributed by atoms with Crippen LogP contribution < -0.4 is 0 Å². The van der Waals surface area contributed by atoms with Crippen molar-refractivity contribution >= 4 is 10.9 Å². The zero-order valence-electron chi connectivity index (χ0n) is 13.5. The number of nitrogens with zero attached hydrogens (tertiary/aromatic N) is 3. The number of fused-ring (bicyclic) bond motifs is 1. The molecule has 0 bridgehead atoms. The molecule has 0 aliphatic carbocycles. The third-order valence-corrected chi connectivity index (χ3v) is 4.12. The Bertz CT molecular complexity index is 1090. The molecule has 6 heteroatoms. The van der Waals surface area contributed by atoms with E-state index >= 15 is 0 Å². The molecule has 4 aromatic rings. The number of aromatic nitrogens is 3. The van der Waals surface area contributed by atoms with Gasteiger partial charge in [-0.25, -0.2) is 13.8 Å². The first-order valence-electron chi connectivity index (χ1n) is 7.92. The molecule has 0 amide bonds. The fraction of sp³-hybridized carbons (Fsp3) is 0.0500. The lowest BCUT2D eigenvalue weighted by Gasteiger charge is -2.15. The number of aliphatic hydroxyl groups excluding tert-OH is 1. The van der Waals surface area contributed by atoms with Crippen LogP contribution in [0.3, 0.4) is 0 Å². The fourth-order valence-corrected chi connectivity index (χ4v) is 2.85. The first-order chi connectivity index (χ1) is 12.6. The summed E-state index contributed by atoms with van der Waals surface area (Å²) in [6, 6.07) is 11.9. The van der Waals surface area contributed by atoms with Crippen LogP contribution in [-0.2, 0) is 0 Å². The Morgan fingerprint density at radius 3 is 2.50 bits per heavy atom. The van der Waals surface area contributed by atoms with Crippen molar-refractivity contribution in [3.63, 3.8) is 0 Å². The quantitative estimate of drug-likeness (QED) is 0.606. The van der Waals surface area contributed by atoms with E-state index in [1.807, 2.05) is 0 Å². The molecule has 26 heavy (non-hydrogen) atoms. The predicted octanol–water partition coefficient (Wildman–Crippen LogP) is 4.05. The molecule has 128 valence electrons. The van der Waals surface area contributed by atoms with E-state index in [-0.39, 0.29) is 11.3 Å². The van der Waals surface area contributed by atoms with Crippen LogP contribution in [0.15, 0.2) is 67.1 Å². The van der Waals surface area contributed by atoms with Gasteiger partial charge in [-0.1, -0.05) is 6.07 Å². The first kappa shape index (κ1) is 16.2. The lowest BCUT2D eigenvalue weighted by molar-refractivity contribution is 0.211. The second-order valence-corrected chi connectivity index (χ2v) is 5.77. The lowest BCUT2D eigenvalue weighted by atomic mass is 10.0. The molecular weight excluding hydrogens is 336 g/mol. The third-order valence-electron chi connectivity index (χ3n) is 4.12. The van der Waals surface area contributed by atoms with Crippen molar-refractivity contribution in [3.8, 4) is 11.3 Å². The van der Waals surface area contributed by atoms with Gasteiger partial charge in [-0.15, -0.1) is 0 Å². The highest BCUT2D eigenvalue weighted by atomic mass is 19.1. The molecule has 0 saturated carbocycles. The van der Waals surface area contributed by atoms with Crippen LogP contribution in [0.5, 0.6) is 0 Å². The Balaban J connectivity index is 1.93. The average molecular weight is 349 g/mol. The van der Waals surface area contributed by atoms with Crippen molar-refractivity contribution in [1.82, 2.24) is 15.0 Å². The van der Waals surface area contributed by atoms with Crippen molar-refractivity contribution in [1.29, 1.82) is 0 Å². The molecule has 3 aromatic heterocycles. The minimum Gasteiger partial charge on any atom is -0.382 e. The molecule has 4 nitrogen and oxygen atoms in total. The number of hydrogen-bond acceptors (Lipinski definition) is 4. The third kappa shape index (κ3) is 2.91. The summed E-state index contributed by atoms with van der Waals surface area (Å²) in [4.78, 5) is 12.8. The second-order valence-electron chi connectivity index (χ2n) is 5.77. The molecule has 1 atom stereocenters. The van der Waals surface area contributed by atoms with Gasteiger partial charge in [0, 0.05) is 41.2 Å². The fourth-order valence-electron chi connectivity index (χ4n) is 2.85. The average Bonchev–Trinajstić information content (AvgIpc) is 2.67. The van der Waals surface area contributed by atoms with Crippen LogP contribution in [0.2, 0.25) is 0 Å². The molecule has 0 radical (unpaired) electrons. The summed E-state index contributed by atoms with van der Waals surface area (Å²) in [7, 11) is 0. The van der Waals surface area contributed by atoms with Crippen molar-refractivity contribution in [2.24, 2.45) is 0 Å². The van der Waals surface area contributed by atoms with Gasteiger partial charge in [0.05, 0.1) is 16.9 Å². The molecule has 0 aliphatic rings.